The predicted octanol–water partition coefficient (Wildman–Crippen LogP) is 11.0. The maximum atomic E-state index is 4.49. The van der Waals surface area contributed by atoms with E-state index in [1.54, 1.807) is 0 Å². The van der Waals surface area contributed by atoms with Crippen LogP contribution in [0.15, 0.2) is 273 Å². The number of hydrogen-bond acceptors (Lipinski definition) is 0. The molecule has 0 bridgehead atoms. The van der Waals surface area contributed by atoms with Gasteiger partial charge in [0, 0.05) is 0 Å². The van der Waals surface area contributed by atoms with E-state index in [1.807, 2.05) is 0 Å². The van der Waals surface area contributed by atoms with Crippen molar-refractivity contribution >= 4 is 81.0 Å². The first kappa shape index (κ1) is 43.8. The van der Waals surface area contributed by atoms with Crippen LogP contribution in [0.2, 0.25) is 0 Å². The maximum Gasteiger partial charge on any atom is -0.0134 e. The molecule has 0 aliphatic rings. The van der Waals surface area contributed by atoms with Crippen LogP contribution in [0.1, 0.15) is 0 Å². The van der Waals surface area contributed by atoms with Gasteiger partial charge in [-0.2, -0.15) is 0 Å². The van der Waals surface area contributed by atoms with Crippen LogP contribution in [0.25, 0.3) is 0 Å². The van der Waals surface area contributed by atoms with Crippen LogP contribution in [0.5, 0.6) is 0 Å². The van der Waals surface area contributed by atoms with E-state index in [-0.39, 0.29) is 0 Å². The fraction of sp³-hybridized carbons (Fsp3) is 0. The van der Waals surface area contributed by atoms with Crippen molar-refractivity contribution in [2.75, 3.05) is 0 Å². The Hall–Kier alpha value is -4.78. The van der Waals surface area contributed by atoms with E-state index < -0.39 is 23.8 Å². The van der Waals surface area contributed by atoms with Gasteiger partial charge in [-0.05, 0) is 71.5 Å². The minimum Gasteiger partial charge on any atom is -0.0622 e. The first-order valence-corrected chi connectivity index (χ1v) is 25.4. The summed E-state index contributed by atoms with van der Waals surface area (Å²) in [6.45, 7) is 0. The molecule has 0 fully saturated rings. The minimum absolute atomic E-state index is 0.446. The molecule has 0 aromatic heterocycles. The monoisotopic (exact) mass is 927 g/mol. The summed E-state index contributed by atoms with van der Waals surface area (Å²) in [4.78, 5) is 0. The predicted molar refractivity (Wildman–Crippen MR) is 261 cm³/mol. The molecule has 0 unspecified atom stereocenters. The second-order valence-corrected chi connectivity index (χ2v) is 19.7. The summed E-state index contributed by atoms with van der Waals surface area (Å²) < 4.78 is 0. The van der Waals surface area contributed by atoms with Crippen molar-refractivity contribution in [2.45, 2.75) is 0 Å². The van der Waals surface area contributed by atoms with Gasteiger partial charge in [-0.15, -0.1) is 0 Å². The van der Waals surface area contributed by atoms with Crippen molar-refractivity contribution in [3.05, 3.63) is 273 Å². The van der Waals surface area contributed by atoms with Crippen LogP contribution in [-0.4, -0.2) is 0 Å². The molecule has 0 saturated heterocycles. The summed E-state index contributed by atoms with van der Waals surface area (Å²) in [6, 6.07) is 97.0. The Morgan fingerprint density at radius 3 is 0.339 bits per heavy atom. The van der Waals surface area contributed by atoms with Gasteiger partial charge in [-0.25, -0.2) is 0 Å². The summed E-state index contributed by atoms with van der Waals surface area (Å²) in [6.07, 6.45) is 0. The van der Waals surface area contributed by atoms with Gasteiger partial charge in [0.25, 0.3) is 0 Å². The smallest absolute Gasteiger partial charge is 0.0134 e. The van der Waals surface area contributed by atoms with E-state index in [4.69, 9.17) is 0 Å². The molecule has 0 amide bonds. The zero-order valence-corrected chi connectivity index (χ0v) is 37.5. The number of hydrogen-bond donors (Lipinski definition) is 0. The molecule has 5 heteroatoms. The van der Waals surface area contributed by atoms with E-state index in [0.29, 0.717) is 0 Å². The van der Waals surface area contributed by atoms with Gasteiger partial charge in [-0.3, -0.25) is 0 Å². The fourth-order valence-electron chi connectivity index (χ4n) is 6.54. The molecule has 9 aromatic rings. The molecule has 0 atom stereocenters. The van der Waals surface area contributed by atoms with E-state index in [1.165, 1.54) is 47.7 Å². The molecule has 0 heterocycles. The van der Waals surface area contributed by atoms with Gasteiger partial charge in [0.1, 0.15) is 0 Å². The van der Waals surface area contributed by atoms with Gasteiger partial charge < -0.3 is 0 Å². The van der Waals surface area contributed by atoms with Crippen molar-refractivity contribution in [1.29, 1.82) is 0 Å². The van der Waals surface area contributed by atoms with Crippen LogP contribution < -0.4 is 47.7 Å². The zero-order chi connectivity index (χ0) is 40.7. The normalized spacial score (nSPS) is 10.3. The standard InChI is InChI=1S/3C18H15P.ClH.Pd/c3*1-4-10-16(11-5-1)19(17-12-6-2-7-13-17)18-14-8-3-9-15-18;;/h3*1-15H;1H;/q;;;;+1/p-1. The van der Waals surface area contributed by atoms with E-state index in [2.05, 4.69) is 301 Å². The molecular weight excluding hydrogens is 883 g/mol. The molecule has 0 nitrogen and oxygen atoms in total. The van der Waals surface area contributed by atoms with E-state index in [0.717, 1.165) is 0 Å². The molecule has 0 spiro atoms. The summed E-state index contributed by atoms with van der Waals surface area (Å²) >= 11 is 2.22. The average molecular weight is 929 g/mol. The van der Waals surface area contributed by atoms with Crippen LogP contribution >= 0.6 is 33.3 Å². The summed E-state index contributed by atoms with van der Waals surface area (Å²) in [7, 11) is 3.15. The number of rotatable bonds is 9. The summed E-state index contributed by atoms with van der Waals surface area (Å²) in [5.74, 6) is 0. The van der Waals surface area contributed by atoms with Crippen molar-refractivity contribution < 1.29 is 18.2 Å². The molecule has 0 saturated carbocycles. The quantitative estimate of drug-likeness (QED) is 0.1000. The molecule has 0 aliphatic carbocycles. The third-order valence-electron chi connectivity index (χ3n) is 9.13. The molecule has 9 aromatic carbocycles. The van der Waals surface area contributed by atoms with Crippen molar-refractivity contribution in [3.63, 3.8) is 0 Å². The summed E-state index contributed by atoms with van der Waals surface area (Å²) in [5.41, 5.74) is 0. The molecule has 59 heavy (non-hydrogen) atoms. The Morgan fingerprint density at radius 1 is 0.169 bits per heavy atom. The van der Waals surface area contributed by atoms with Gasteiger partial charge in [-0.1, -0.05) is 273 Å². The Balaban J connectivity index is 0.000000146. The summed E-state index contributed by atoms with van der Waals surface area (Å²) in [5, 5.41) is 12.6. The average Bonchev–Trinajstić information content (AvgIpc) is 3.34. The van der Waals surface area contributed by atoms with Crippen molar-refractivity contribution in [3.8, 4) is 0 Å². The largest absolute Gasteiger partial charge is 0.0622 e. The third-order valence-corrected chi connectivity index (χ3v) is 16.5. The van der Waals surface area contributed by atoms with Gasteiger partial charge >= 0.3 is 27.7 Å². The molecule has 0 aliphatic heterocycles. The molecular formula is C54H45ClP3Pd. The zero-order valence-electron chi connectivity index (χ0n) is 32.5. The SMILES string of the molecule is [Cl][Pd].c1ccc(P(c2ccccc2)c2ccccc2)cc1.c1ccc(P(c2ccccc2)c2ccccc2)cc1.c1ccc(P(c2ccccc2)c2ccccc2)cc1. The minimum atomic E-state index is -0.446. The van der Waals surface area contributed by atoms with Crippen molar-refractivity contribution in [1.82, 2.24) is 0 Å². The number of halogens is 1. The first-order chi connectivity index (χ1) is 29.3. The fourth-order valence-corrected chi connectivity index (χ4v) is 13.5. The number of benzene rings is 9. The van der Waals surface area contributed by atoms with E-state index >= 15 is 0 Å². The topological polar surface area (TPSA) is 0 Å². The van der Waals surface area contributed by atoms with Crippen LogP contribution in [0.4, 0.5) is 0 Å². The van der Waals surface area contributed by atoms with Crippen LogP contribution in [0, 0.1) is 0 Å². The van der Waals surface area contributed by atoms with Gasteiger partial charge in [0.05, 0.1) is 0 Å². The first-order valence-electron chi connectivity index (χ1n) is 19.3. The molecule has 293 valence electrons. The Labute approximate surface area is 369 Å². The Kier molecular flexibility index (Phi) is 18.5. The molecule has 0 N–H and O–H groups in total. The van der Waals surface area contributed by atoms with E-state index in [9.17, 15) is 0 Å². The third kappa shape index (κ3) is 13.1. The van der Waals surface area contributed by atoms with Gasteiger partial charge in [0.2, 0.25) is 0 Å². The van der Waals surface area contributed by atoms with Crippen LogP contribution in [0.3, 0.4) is 0 Å². The Bertz CT molecular complexity index is 1870. The second kappa shape index (κ2) is 25.0. The van der Waals surface area contributed by atoms with Crippen molar-refractivity contribution in [2.24, 2.45) is 0 Å². The molecule has 9 rings (SSSR count). The molecule has 0 radical (unpaired) electrons. The van der Waals surface area contributed by atoms with Gasteiger partial charge in [0.15, 0.2) is 0 Å². The van der Waals surface area contributed by atoms with Crippen LogP contribution in [-0.2, 0) is 18.2 Å². The second-order valence-electron chi connectivity index (χ2n) is 13.0. The maximum absolute atomic E-state index is 4.49. The Morgan fingerprint density at radius 2 is 0.254 bits per heavy atom.